The lowest BCUT2D eigenvalue weighted by Crippen LogP contribution is -2.27. The van der Waals surface area contributed by atoms with Gasteiger partial charge in [-0.2, -0.15) is 0 Å². The van der Waals surface area contributed by atoms with Crippen molar-refractivity contribution in [3.8, 4) is 0 Å². The van der Waals surface area contributed by atoms with Gasteiger partial charge in [0.15, 0.2) is 23.3 Å². The molecule has 0 aliphatic rings. The number of benzene rings is 1. The SMILES string of the molecule is COCCONC(=O)c1cc(F)c(F)c(F)c1F. The predicted molar refractivity (Wildman–Crippen MR) is 51.6 cm³/mol. The number of carbonyl (C=O) groups excluding carboxylic acids is 1. The normalized spacial score (nSPS) is 10.5. The second kappa shape index (κ2) is 6.31. The van der Waals surface area contributed by atoms with E-state index in [-0.39, 0.29) is 19.3 Å². The summed E-state index contributed by atoms with van der Waals surface area (Å²) in [5, 5.41) is 0. The highest BCUT2D eigenvalue weighted by Gasteiger charge is 2.22. The van der Waals surface area contributed by atoms with Crippen molar-refractivity contribution in [2.75, 3.05) is 20.3 Å². The molecule has 0 atom stereocenters. The van der Waals surface area contributed by atoms with Crippen molar-refractivity contribution < 1.29 is 31.9 Å². The van der Waals surface area contributed by atoms with Crippen LogP contribution >= 0.6 is 0 Å². The molecule has 0 spiro atoms. The third-order valence-corrected chi connectivity index (χ3v) is 1.90. The number of hydrogen-bond donors (Lipinski definition) is 1. The van der Waals surface area contributed by atoms with Crippen LogP contribution < -0.4 is 5.48 Å². The molecule has 0 heterocycles. The van der Waals surface area contributed by atoms with Gasteiger partial charge in [-0.3, -0.25) is 9.63 Å². The number of ether oxygens (including phenoxy) is 1. The van der Waals surface area contributed by atoms with Crippen LogP contribution in [0.1, 0.15) is 10.4 Å². The van der Waals surface area contributed by atoms with Gasteiger partial charge < -0.3 is 4.74 Å². The summed E-state index contributed by atoms with van der Waals surface area (Å²) in [4.78, 5) is 15.8. The number of carbonyl (C=O) groups is 1. The van der Waals surface area contributed by atoms with Gasteiger partial charge in [-0.15, -0.1) is 0 Å². The number of methoxy groups -OCH3 is 1. The van der Waals surface area contributed by atoms with Gasteiger partial charge in [-0.05, 0) is 6.07 Å². The van der Waals surface area contributed by atoms with Gasteiger partial charge >= 0.3 is 0 Å². The number of hydrogen-bond acceptors (Lipinski definition) is 3. The van der Waals surface area contributed by atoms with Crippen molar-refractivity contribution in [1.29, 1.82) is 0 Å². The molecular formula is C10H9F4NO3. The van der Waals surface area contributed by atoms with E-state index < -0.39 is 34.7 Å². The van der Waals surface area contributed by atoms with Gasteiger partial charge in [0, 0.05) is 7.11 Å². The zero-order chi connectivity index (χ0) is 13.7. The summed E-state index contributed by atoms with van der Waals surface area (Å²) in [6, 6.07) is 0.239. The molecule has 1 aromatic carbocycles. The standard InChI is InChI=1S/C10H9F4NO3/c1-17-2-3-18-15-10(16)5-4-6(11)8(13)9(14)7(5)12/h4H,2-3H2,1H3,(H,15,16). The van der Waals surface area contributed by atoms with E-state index in [1.54, 1.807) is 5.48 Å². The third-order valence-electron chi connectivity index (χ3n) is 1.90. The first-order valence-electron chi connectivity index (χ1n) is 4.73. The second-order valence-corrected chi connectivity index (χ2v) is 3.12. The first-order chi connectivity index (χ1) is 8.49. The van der Waals surface area contributed by atoms with Gasteiger partial charge in [0.05, 0.1) is 18.8 Å². The fourth-order valence-corrected chi connectivity index (χ4v) is 1.03. The zero-order valence-corrected chi connectivity index (χ0v) is 9.23. The van der Waals surface area contributed by atoms with Crippen molar-refractivity contribution in [3.63, 3.8) is 0 Å². The monoisotopic (exact) mass is 267 g/mol. The Bertz CT molecular complexity index is 453. The summed E-state index contributed by atoms with van der Waals surface area (Å²) in [6.45, 7) is 0.102. The van der Waals surface area contributed by atoms with Crippen molar-refractivity contribution in [2.24, 2.45) is 0 Å². The molecule has 100 valence electrons. The molecule has 0 saturated heterocycles. The van der Waals surface area contributed by atoms with Gasteiger partial charge in [0.1, 0.15) is 0 Å². The van der Waals surface area contributed by atoms with Crippen LogP contribution in [0.2, 0.25) is 0 Å². The fraction of sp³-hybridized carbons (Fsp3) is 0.300. The van der Waals surface area contributed by atoms with E-state index in [9.17, 15) is 22.4 Å². The minimum atomic E-state index is -2.06. The predicted octanol–water partition coefficient (Wildman–Crippen LogP) is 1.55. The van der Waals surface area contributed by atoms with Crippen molar-refractivity contribution >= 4 is 5.91 Å². The van der Waals surface area contributed by atoms with Crippen LogP contribution in [-0.4, -0.2) is 26.2 Å². The van der Waals surface area contributed by atoms with Crippen LogP contribution in [0.3, 0.4) is 0 Å². The Morgan fingerprint density at radius 2 is 1.83 bits per heavy atom. The van der Waals surface area contributed by atoms with Crippen LogP contribution in [0, 0.1) is 23.3 Å². The molecule has 8 heteroatoms. The summed E-state index contributed by atoms with van der Waals surface area (Å²) in [5.41, 5.74) is 0.737. The largest absolute Gasteiger partial charge is 0.382 e. The molecule has 0 unspecified atom stereocenters. The molecule has 1 N–H and O–H groups in total. The van der Waals surface area contributed by atoms with Gasteiger partial charge in [0.2, 0.25) is 0 Å². The van der Waals surface area contributed by atoms with Crippen molar-refractivity contribution in [3.05, 3.63) is 34.9 Å². The molecule has 0 aromatic heterocycles. The topological polar surface area (TPSA) is 47.6 Å². The number of hydroxylamine groups is 1. The molecule has 1 aromatic rings. The number of rotatable bonds is 5. The van der Waals surface area contributed by atoms with E-state index in [2.05, 4.69) is 9.57 Å². The Morgan fingerprint density at radius 1 is 1.17 bits per heavy atom. The Morgan fingerprint density at radius 3 is 2.44 bits per heavy atom. The molecule has 0 fully saturated rings. The Hall–Kier alpha value is -1.67. The Balaban J connectivity index is 2.80. The molecule has 0 aliphatic carbocycles. The highest BCUT2D eigenvalue weighted by molar-refractivity contribution is 5.93. The smallest absolute Gasteiger partial charge is 0.278 e. The van der Waals surface area contributed by atoms with Crippen LogP contribution in [0.15, 0.2) is 6.07 Å². The average Bonchev–Trinajstić information content (AvgIpc) is 2.36. The van der Waals surface area contributed by atoms with Crippen molar-refractivity contribution in [1.82, 2.24) is 5.48 Å². The lowest BCUT2D eigenvalue weighted by atomic mass is 10.2. The first-order valence-corrected chi connectivity index (χ1v) is 4.73. The molecule has 4 nitrogen and oxygen atoms in total. The average molecular weight is 267 g/mol. The molecule has 0 bridgehead atoms. The first kappa shape index (κ1) is 14.4. The van der Waals surface area contributed by atoms with Crippen LogP contribution in [0.5, 0.6) is 0 Å². The number of halogens is 4. The number of nitrogens with one attached hydrogen (secondary N) is 1. The maximum Gasteiger partial charge on any atom is 0.278 e. The lowest BCUT2D eigenvalue weighted by Gasteiger charge is -2.07. The van der Waals surface area contributed by atoms with Gasteiger partial charge in [-0.1, -0.05) is 0 Å². The molecule has 0 saturated carbocycles. The minimum absolute atomic E-state index is 0.0456. The fourth-order valence-electron chi connectivity index (χ4n) is 1.03. The molecule has 0 radical (unpaired) electrons. The van der Waals surface area contributed by atoms with E-state index >= 15 is 0 Å². The van der Waals surface area contributed by atoms with Crippen LogP contribution in [-0.2, 0) is 9.57 Å². The highest BCUT2D eigenvalue weighted by Crippen LogP contribution is 2.18. The van der Waals surface area contributed by atoms with Gasteiger partial charge in [0.25, 0.3) is 5.91 Å². The summed E-state index contributed by atoms with van der Waals surface area (Å²) in [5.74, 6) is -8.74. The quantitative estimate of drug-likeness (QED) is 0.289. The number of amides is 1. The summed E-state index contributed by atoms with van der Waals surface area (Å²) >= 11 is 0. The van der Waals surface area contributed by atoms with E-state index in [4.69, 9.17) is 0 Å². The van der Waals surface area contributed by atoms with E-state index in [0.29, 0.717) is 0 Å². The molecule has 0 aliphatic heterocycles. The third kappa shape index (κ3) is 3.17. The summed E-state index contributed by atoms with van der Waals surface area (Å²) < 4.78 is 56.0. The Labute approximate surface area is 99.4 Å². The van der Waals surface area contributed by atoms with Crippen molar-refractivity contribution in [2.45, 2.75) is 0 Å². The maximum atomic E-state index is 13.1. The minimum Gasteiger partial charge on any atom is -0.382 e. The lowest BCUT2D eigenvalue weighted by molar-refractivity contribution is 0.00856. The Kier molecular flexibility index (Phi) is 5.05. The molecule has 18 heavy (non-hydrogen) atoms. The zero-order valence-electron chi connectivity index (χ0n) is 9.23. The molecule has 1 rings (SSSR count). The van der Waals surface area contributed by atoms with Gasteiger partial charge in [-0.25, -0.2) is 23.0 Å². The van der Waals surface area contributed by atoms with E-state index in [0.717, 1.165) is 0 Å². The maximum absolute atomic E-state index is 13.1. The second-order valence-electron chi connectivity index (χ2n) is 3.12. The highest BCUT2D eigenvalue weighted by atomic mass is 19.2. The molecule has 1 amide bonds. The summed E-state index contributed by atoms with van der Waals surface area (Å²) in [6.07, 6.45) is 0. The molecular weight excluding hydrogens is 258 g/mol. The van der Waals surface area contributed by atoms with E-state index in [1.807, 2.05) is 0 Å². The van der Waals surface area contributed by atoms with Crippen LogP contribution in [0.25, 0.3) is 0 Å². The van der Waals surface area contributed by atoms with Crippen LogP contribution in [0.4, 0.5) is 17.6 Å². The summed E-state index contributed by atoms with van der Waals surface area (Å²) in [7, 11) is 1.38. The van der Waals surface area contributed by atoms with E-state index in [1.165, 1.54) is 7.11 Å².